The summed E-state index contributed by atoms with van der Waals surface area (Å²) in [5.41, 5.74) is 3.05. The molecule has 23 heavy (non-hydrogen) atoms. The summed E-state index contributed by atoms with van der Waals surface area (Å²) in [5.74, 6) is 1.04. The molecule has 0 spiro atoms. The maximum Gasteiger partial charge on any atom is 0.320 e. The zero-order valence-corrected chi connectivity index (χ0v) is 13.6. The molecule has 0 unspecified atom stereocenters. The Kier molecular flexibility index (Phi) is 4.38. The molecule has 0 radical (unpaired) electrons. The number of hydrogen-bond donors (Lipinski definition) is 2. The predicted octanol–water partition coefficient (Wildman–Crippen LogP) is 3.74. The van der Waals surface area contributed by atoms with Crippen molar-refractivity contribution in [1.29, 1.82) is 0 Å². The first-order chi connectivity index (χ1) is 11.1. The summed E-state index contributed by atoms with van der Waals surface area (Å²) < 4.78 is 4.89. The second-order valence-corrected chi connectivity index (χ2v) is 6.14. The van der Waals surface area contributed by atoms with Gasteiger partial charge in [-0.2, -0.15) is 0 Å². The molecule has 0 atom stereocenters. The van der Waals surface area contributed by atoms with Crippen molar-refractivity contribution in [1.82, 2.24) is 15.5 Å². The zero-order chi connectivity index (χ0) is 16.2. The van der Waals surface area contributed by atoms with Crippen molar-refractivity contribution in [3.05, 3.63) is 52.0 Å². The monoisotopic (exact) mass is 328 g/mol. The second kappa shape index (κ2) is 6.62. The van der Waals surface area contributed by atoms with E-state index < -0.39 is 0 Å². The number of benzene rings is 1. The van der Waals surface area contributed by atoms with Crippen LogP contribution in [0.4, 0.5) is 10.6 Å². The summed E-state index contributed by atoms with van der Waals surface area (Å²) in [6.45, 7) is 4.18. The minimum Gasteiger partial charge on any atom is -0.360 e. The number of hydrogen-bond acceptors (Lipinski definition) is 5. The summed E-state index contributed by atoms with van der Waals surface area (Å²) in [5, 5.41) is 12.2. The molecule has 2 aromatic heterocycles. The molecule has 3 rings (SSSR count). The lowest BCUT2D eigenvalue weighted by atomic mass is 10.1. The molecule has 3 aromatic rings. The Bertz CT molecular complexity index is 808. The highest BCUT2D eigenvalue weighted by Crippen LogP contribution is 2.21. The first kappa shape index (κ1) is 15.2. The van der Waals surface area contributed by atoms with Crippen LogP contribution in [0.25, 0.3) is 11.3 Å². The van der Waals surface area contributed by atoms with Gasteiger partial charge in [0.1, 0.15) is 5.76 Å². The van der Waals surface area contributed by atoms with Crippen molar-refractivity contribution in [3.8, 4) is 11.3 Å². The average Bonchev–Trinajstić information content (AvgIpc) is 3.14. The number of carbonyl (C=O) groups excluding carboxylic acids is 1. The Morgan fingerprint density at radius 2 is 2.04 bits per heavy atom. The van der Waals surface area contributed by atoms with Crippen molar-refractivity contribution in [2.75, 3.05) is 5.32 Å². The highest BCUT2D eigenvalue weighted by Gasteiger charge is 2.06. The molecule has 2 amide bonds. The van der Waals surface area contributed by atoms with E-state index in [9.17, 15) is 4.79 Å². The quantitative estimate of drug-likeness (QED) is 0.764. The molecule has 6 nitrogen and oxygen atoms in total. The Morgan fingerprint density at radius 1 is 1.26 bits per heavy atom. The van der Waals surface area contributed by atoms with Gasteiger partial charge >= 0.3 is 6.03 Å². The normalized spacial score (nSPS) is 10.5. The van der Waals surface area contributed by atoms with Crippen molar-refractivity contribution in [2.24, 2.45) is 0 Å². The smallest absolute Gasteiger partial charge is 0.320 e. The van der Waals surface area contributed by atoms with Gasteiger partial charge in [0.25, 0.3) is 0 Å². The van der Waals surface area contributed by atoms with Gasteiger partial charge in [-0.1, -0.05) is 29.4 Å². The molecular weight excluding hydrogens is 312 g/mol. The number of amides is 2. The number of urea groups is 1. The number of carbonyl (C=O) groups is 1. The van der Waals surface area contributed by atoms with E-state index in [0.717, 1.165) is 21.8 Å². The lowest BCUT2D eigenvalue weighted by Crippen LogP contribution is -2.28. The van der Waals surface area contributed by atoms with E-state index in [1.165, 1.54) is 0 Å². The second-order valence-electron chi connectivity index (χ2n) is 5.08. The molecular formula is C16H16N4O2S. The van der Waals surface area contributed by atoms with Crippen LogP contribution in [0.15, 0.2) is 40.2 Å². The third kappa shape index (κ3) is 3.95. The summed E-state index contributed by atoms with van der Waals surface area (Å²) in [6.07, 6.45) is 0. The van der Waals surface area contributed by atoms with Crippen LogP contribution in [0, 0.1) is 13.8 Å². The Morgan fingerprint density at radius 3 is 2.65 bits per heavy atom. The van der Waals surface area contributed by atoms with E-state index in [2.05, 4.69) is 20.8 Å². The predicted molar refractivity (Wildman–Crippen MR) is 89.4 cm³/mol. The number of aryl methyl sites for hydroxylation is 2. The number of nitrogens with zero attached hydrogens (tertiary/aromatic N) is 2. The Labute approximate surface area is 137 Å². The van der Waals surface area contributed by atoms with Crippen molar-refractivity contribution < 1.29 is 9.32 Å². The van der Waals surface area contributed by atoms with Gasteiger partial charge < -0.3 is 9.84 Å². The molecule has 0 saturated carbocycles. The van der Waals surface area contributed by atoms with Crippen LogP contribution in [-0.4, -0.2) is 16.2 Å². The van der Waals surface area contributed by atoms with Crippen molar-refractivity contribution in [3.63, 3.8) is 0 Å². The van der Waals surface area contributed by atoms with Crippen LogP contribution < -0.4 is 10.6 Å². The van der Waals surface area contributed by atoms with Crippen LogP contribution in [0.1, 0.15) is 16.3 Å². The van der Waals surface area contributed by atoms with E-state index in [1.807, 2.05) is 36.6 Å². The number of nitrogens with one attached hydrogen (secondary N) is 2. The first-order valence-corrected chi connectivity index (χ1v) is 7.98. The van der Waals surface area contributed by atoms with Gasteiger partial charge in [0.05, 0.1) is 10.7 Å². The number of rotatable bonds is 4. The molecule has 2 heterocycles. The largest absolute Gasteiger partial charge is 0.360 e. The van der Waals surface area contributed by atoms with E-state index in [4.69, 9.17) is 4.52 Å². The molecule has 1 aromatic carbocycles. The average molecular weight is 328 g/mol. The molecule has 0 aliphatic carbocycles. The van der Waals surface area contributed by atoms with Gasteiger partial charge in [-0.05, 0) is 19.4 Å². The van der Waals surface area contributed by atoms with Gasteiger partial charge in [0.15, 0.2) is 5.82 Å². The first-order valence-electron chi connectivity index (χ1n) is 7.10. The SMILES string of the molecule is Cc1cc(NC(=O)NCc2ccc(-c3csc(C)n3)cc2)no1. The Hall–Kier alpha value is -2.67. The van der Waals surface area contributed by atoms with Gasteiger partial charge in [0, 0.05) is 23.6 Å². The van der Waals surface area contributed by atoms with Gasteiger partial charge in [0.2, 0.25) is 0 Å². The maximum absolute atomic E-state index is 11.8. The minimum absolute atomic E-state index is 0.322. The summed E-state index contributed by atoms with van der Waals surface area (Å²) in [7, 11) is 0. The van der Waals surface area contributed by atoms with E-state index in [0.29, 0.717) is 18.1 Å². The van der Waals surface area contributed by atoms with E-state index >= 15 is 0 Å². The molecule has 0 aliphatic heterocycles. The maximum atomic E-state index is 11.8. The minimum atomic E-state index is -0.322. The zero-order valence-electron chi connectivity index (χ0n) is 12.8. The van der Waals surface area contributed by atoms with Crippen molar-refractivity contribution in [2.45, 2.75) is 20.4 Å². The van der Waals surface area contributed by atoms with Crippen LogP contribution in [0.2, 0.25) is 0 Å². The summed E-state index contributed by atoms with van der Waals surface area (Å²) in [4.78, 5) is 16.2. The highest BCUT2D eigenvalue weighted by molar-refractivity contribution is 7.09. The van der Waals surface area contributed by atoms with Crippen LogP contribution in [0.3, 0.4) is 0 Å². The fourth-order valence-corrected chi connectivity index (χ4v) is 2.68. The topological polar surface area (TPSA) is 80.0 Å². The molecule has 118 valence electrons. The lowest BCUT2D eigenvalue weighted by molar-refractivity contribution is 0.251. The van der Waals surface area contributed by atoms with Gasteiger partial charge in [-0.15, -0.1) is 11.3 Å². The van der Waals surface area contributed by atoms with Crippen LogP contribution >= 0.6 is 11.3 Å². The lowest BCUT2D eigenvalue weighted by Gasteiger charge is -2.06. The highest BCUT2D eigenvalue weighted by atomic mass is 32.1. The number of thiazole rings is 1. The molecule has 0 bridgehead atoms. The molecule has 0 saturated heterocycles. The fourth-order valence-electron chi connectivity index (χ4n) is 2.06. The van der Waals surface area contributed by atoms with Gasteiger partial charge in [-0.3, -0.25) is 5.32 Å². The molecule has 0 fully saturated rings. The van der Waals surface area contributed by atoms with E-state index in [-0.39, 0.29) is 6.03 Å². The van der Waals surface area contributed by atoms with Crippen LogP contribution in [0.5, 0.6) is 0 Å². The number of anilines is 1. The third-order valence-electron chi connectivity index (χ3n) is 3.19. The summed E-state index contributed by atoms with van der Waals surface area (Å²) in [6, 6.07) is 9.30. The summed E-state index contributed by atoms with van der Waals surface area (Å²) >= 11 is 1.63. The standard InChI is InChI=1S/C16H16N4O2S/c1-10-7-15(20-22-10)19-16(21)17-8-12-3-5-13(6-4-12)14-9-23-11(2)18-14/h3-7,9H,8H2,1-2H3,(H2,17,19,20,21). The Balaban J connectivity index is 1.55. The molecule has 0 aliphatic rings. The van der Waals surface area contributed by atoms with Crippen molar-refractivity contribution >= 4 is 23.2 Å². The van der Waals surface area contributed by atoms with Gasteiger partial charge in [-0.25, -0.2) is 9.78 Å². The fraction of sp³-hybridized carbons (Fsp3) is 0.188. The molecule has 7 heteroatoms. The third-order valence-corrected chi connectivity index (χ3v) is 3.96. The van der Waals surface area contributed by atoms with Crippen LogP contribution in [-0.2, 0) is 6.54 Å². The molecule has 2 N–H and O–H groups in total. The van der Waals surface area contributed by atoms with E-state index in [1.54, 1.807) is 24.3 Å². The number of aromatic nitrogens is 2.